The fourth-order valence-corrected chi connectivity index (χ4v) is 3.57. The number of nitrogens with one attached hydrogen (secondary N) is 3. The van der Waals surface area contributed by atoms with E-state index in [1.807, 2.05) is 13.8 Å². The molecule has 3 aromatic rings. The van der Waals surface area contributed by atoms with Gasteiger partial charge in [-0.1, -0.05) is 30.3 Å². The van der Waals surface area contributed by atoms with E-state index in [1.54, 1.807) is 0 Å². The van der Waals surface area contributed by atoms with Crippen LogP contribution in [0.2, 0.25) is 0 Å². The summed E-state index contributed by atoms with van der Waals surface area (Å²) in [7, 11) is 0. The third-order valence-electron chi connectivity index (χ3n) is 5.11. The lowest BCUT2D eigenvalue weighted by Gasteiger charge is -2.11. The van der Waals surface area contributed by atoms with Gasteiger partial charge in [0.2, 0.25) is 0 Å². The molecule has 3 N–H and O–H groups in total. The fourth-order valence-electron chi connectivity index (χ4n) is 3.57. The average Bonchev–Trinajstić information content (AvgIpc) is 3.25. The van der Waals surface area contributed by atoms with Crippen LogP contribution >= 0.6 is 0 Å². The summed E-state index contributed by atoms with van der Waals surface area (Å²) in [5.41, 5.74) is 6.08. The van der Waals surface area contributed by atoms with Crippen molar-refractivity contribution in [3.8, 4) is 0 Å². The number of rotatable bonds is 8. The lowest BCUT2D eigenvalue weighted by Crippen LogP contribution is -2.38. The second-order valence-electron chi connectivity index (χ2n) is 7.00. The van der Waals surface area contributed by atoms with Crippen molar-refractivity contribution < 1.29 is 4.52 Å². The molecule has 0 radical (unpaired) electrons. The summed E-state index contributed by atoms with van der Waals surface area (Å²) in [6.07, 6.45) is 4.95. The Morgan fingerprint density at radius 1 is 1.14 bits per heavy atom. The maximum absolute atomic E-state index is 5.23. The molecule has 28 heavy (non-hydrogen) atoms. The molecule has 0 saturated heterocycles. The highest BCUT2D eigenvalue weighted by atomic mass is 16.5. The molecule has 0 atom stereocenters. The number of aryl methyl sites for hydroxylation is 3. The van der Waals surface area contributed by atoms with Gasteiger partial charge in [0.1, 0.15) is 5.76 Å². The van der Waals surface area contributed by atoms with Crippen LogP contribution in [-0.2, 0) is 19.3 Å². The first-order chi connectivity index (χ1) is 13.6. The molecule has 2 aromatic heterocycles. The third kappa shape index (κ3) is 4.55. The van der Waals surface area contributed by atoms with E-state index in [0.717, 1.165) is 55.3 Å². The molecule has 0 spiro atoms. The van der Waals surface area contributed by atoms with E-state index in [1.165, 1.54) is 22.0 Å². The third-order valence-corrected chi connectivity index (χ3v) is 5.11. The monoisotopic (exact) mass is 381 g/mol. The number of benzene rings is 1. The molecule has 150 valence electrons. The number of nitrogens with zero attached hydrogens (tertiary/aromatic N) is 2. The van der Waals surface area contributed by atoms with Gasteiger partial charge in [-0.2, -0.15) is 0 Å². The van der Waals surface area contributed by atoms with Crippen molar-refractivity contribution in [2.24, 2.45) is 4.99 Å². The Hall–Kier alpha value is -2.76. The van der Waals surface area contributed by atoms with Crippen LogP contribution in [0, 0.1) is 13.8 Å². The minimum Gasteiger partial charge on any atom is -0.361 e. The van der Waals surface area contributed by atoms with E-state index in [-0.39, 0.29) is 0 Å². The average molecular weight is 382 g/mol. The second kappa shape index (κ2) is 9.44. The van der Waals surface area contributed by atoms with Crippen molar-refractivity contribution >= 4 is 16.9 Å². The Balaban J connectivity index is 1.58. The van der Waals surface area contributed by atoms with Gasteiger partial charge in [-0.15, -0.1) is 0 Å². The summed E-state index contributed by atoms with van der Waals surface area (Å²) in [4.78, 5) is 8.14. The highest BCUT2D eigenvalue weighted by Crippen LogP contribution is 2.22. The number of aromatic nitrogens is 2. The zero-order chi connectivity index (χ0) is 19.9. The van der Waals surface area contributed by atoms with Crippen molar-refractivity contribution in [2.75, 3.05) is 19.6 Å². The zero-order valence-corrected chi connectivity index (χ0v) is 17.4. The van der Waals surface area contributed by atoms with Gasteiger partial charge in [-0.25, -0.2) is 0 Å². The Labute approximate surface area is 166 Å². The van der Waals surface area contributed by atoms with Gasteiger partial charge in [0.25, 0.3) is 0 Å². The maximum Gasteiger partial charge on any atom is 0.191 e. The number of aliphatic imine (C=N–C) groups is 1. The van der Waals surface area contributed by atoms with Gasteiger partial charge in [-0.05, 0) is 51.2 Å². The maximum atomic E-state index is 5.23. The standard InChI is InChI=1S/C22H31N5O/c1-5-17-8-7-9-20-18(14-26-21(17)20)10-12-24-22(23-6-2)25-13-11-19-15(3)27-28-16(19)4/h7-9,14,26H,5-6,10-13H2,1-4H3,(H2,23,24,25). The van der Waals surface area contributed by atoms with Crippen LogP contribution in [0.5, 0.6) is 0 Å². The molecule has 0 saturated carbocycles. The first-order valence-electron chi connectivity index (χ1n) is 10.2. The summed E-state index contributed by atoms with van der Waals surface area (Å²) in [6, 6.07) is 6.53. The van der Waals surface area contributed by atoms with Crippen LogP contribution in [0.3, 0.4) is 0 Å². The van der Waals surface area contributed by atoms with Gasteiger partial charge in [0.15, 0.2) is 5.96 Å². The molecule has 3 rings (SSSR count). The summed E-state index contributed by atoms with van der Waals surface area (Å²) < 4.78 is 5.23. The molecule has 0 aliphatic carbocycles. The number of H-pyrrole nitrogens is 1. The van der Waals surface area contributed by atoms with Crippen molar-refractivity contribution in [2.45, 2.75) is 47.0 Å². The van der Waals surface area contributed by atoms with Gasteiger partial charge in [-0.3, -0.25) is 4.99 Å². The van der Waals surface area contributed by atoms with Crippen molar-refractivity contribution in [1.82, 2.24) is 20.8 Å². The normalized spacial score (nSPS) is 11.9. The van der Waals surface area contributed by atoms with E-state index in [0.29, 0.717) is 6.54 Å². The summed E-state index contributed by atoms with van der Waals surface area (Å²) in [5.74, 6) is 1.74. The van der Waals surface area contributed by atoms with Crippen molar-refractivity contribution in [1.29, 1.82) is 0 Å². The minimum absolute atomic E-state index is 0.700. The molecule has 0 aliphatic heterocycles. The number of hydrogen-bond donors (Lipinski definition) is 3. The van der Waals surface area contributed by atoms with Crippen LogP contribution in [0.1, 0.15) is 42.0 Å². The van der Waals surface area contributed by atoms with E-state index < -0.39 is 0 Å². The predicted octanol–water partition coefficient (Wildman–Crippen LogP) is 3.68. The molecule has 6 nitrogen and oxygen atoms in total. The van der Waals surface area contributed by atoms with Gasteiger partial charge in [0.05, 0.1) is 5.69 Å². The minimum atomic E-state index is 0.700. The SMILES string of the molecule is CCNC(=NCCc1c(C)noc1C)NCCc1c[nH]c2c(CC)cccc12. The fraction of sp³-hybridized carbons (Fsp3) is 0.455. The first-order valence-corrected chi connectivity index (χ1v) is 10.2. The van der Waals surface area contributed by atoms with Crippen LogP contribution in [0.25, 0.3) is 10.9 Å². The van der Waals surface area contributed by atoms with E-state index in [2.05, 4.69) is 59.0 Å². The highest BCUT2D eigenvalue weighted by Gasteiger charge is 2.09. The topological polar surface area (TPSA) is 78.2 Å². The first kappa shape index (κ1) is 20.0. The molecular weight excluding hydrogens is 350 g/mol. The molecule has 0 unspecified atom stereocenters. The lowest BCUT2D eigenvalue weighted by molar-refractivity contribution is 0.392. The molecule has 1 aromatic carbocycles. The number of fused-ring (bicyclic) bond motifs is 1. The van der Waals surface area contributed by atoms with Crippen molar-refractivity contribution in [3.05, 3.63) is 52.5 Å². The summed E-state index contributed by atoms with van der Waals surface area (Å²) >= 11 is 0. The zero-order valence-electron chi connectivity index (χ0n) is 17.4. The number of aromatic amines is 1. The van der Waals surface area contributed by atoms with Crippen LogP contribution < -0.4 is 10.6 Å². The quantitative estimate of drug-likeness (QED) is 0.411. The predicted molar refractivity (Wildman–Crippen MR) is 115 cm³/mol. The van der Waals surface area contributed by atoms with Crippen LogP contribution in [-0.4, -0.2) is 35.7 Å². The van der Waals surface area contributed by atoms with Crippen LogP contribution in [0.15, 0.2) is 33.9 Å². The summed E-state index contributed by atoms with van der Waals surface area (Å²) in [5, 5.41) is 12.1. The van der Waals surface area contributed by atoms with E-state index in [9.17, 15) is 0 Å². The molecule has 0 fully saturated rings. The largest absolute Gasteiger partial charge is 0.361 e. The second-order valence-corrected chi connectivity index (χ2v) is 7.00. The van der Waals surface area contributed by atoms with Crippen LogP contribution in [0.4, 0.5) is 0 Å². The molecule has 6 heteroatoms. The Morgan fingerprint density at radius 3 is 2.71 bits per heavy atom. The van der Waals surface area contributed by atoms with E-state index in [4.69, 9.17) is 9.52 Å². The Kier molecular flexibility index (Phi) is 6.74. The highest BCUT2D eigenvalue weighted by molar-refractivity contribution is 5.86. The number of guanidine groups is 1. The van der Waals surface area contributed by atoms with Crippen molar-refractivity contribution in [3.63, 3.8) is 0 Å². The molecule has 0 amide bonds. The van der Waals surface area contributed by atoms with Gasteiger partial charge < -0.3 is 20.1 Å². The molecule has 0 aliphatic rings. The smallest absolute Gasteiger partial charge is 0.191 e. The molecular formula is C22H31N5O. The van der Waals surface area contributed by atoms with Gasteiger partial charge in [0, 0.05) is 42.3 Å². The van der Waals surface area contributed by atoms with E-state index >= 15 is 0 Å². The van der Waals surface area contributed by atoms with Gasteiger partial charge >= 0.3 is 0 Å². The number of hydrogen-bond acceptors (Lipinski definition) is 3. The molecule has 0 bridgehead atoms. The Bertz CT molecular complexity index is 918. The summed E-state index contributed by atoms with van der Waals surface area (Å²) in [6.45, 7) is 10.6. The number of para-hydroxylation sites is 1. The molecule has 2 heterocycles. The lowest BCUT2D eigenvalue weighted by atomic mass is 10.1. The Morgan fingerprint density at radius 2 is 2.00 bits per heavy atom.